The zero-order valence-corrected chi connectivity index (χ0v) is 14.4. The third-order valence-corrected chi connectivity index (χ3v) is 5.52. The van der Waals surface area contributed by atoms with Crippen molar-refractivity contribution in [1.82, 2.24) is 14.5 Å². The number of piperidine rings is 1. The van der Waals surface area contributed by atoms with Crippen molar-refractivity contribution < 1.29 is 17.9 Å². The summed E-state index contributed by atoms with van der Waals surface area (Å²) in [4.78, 5) is 14.2. The highest BCUT2D eigenvalue weighted by molar-refractivity contribution is 7.88. The molecule has 2 amide bonds. The second kappa shape index (κ2) is 7.14. The maximum atomic E-state index is 12.4. The normalized spacial score (nSPS) is 31.0. The molecule has 2 aliphatic rings. The lowest BCUT2D eigenvalue weighted by molar-refractivity contribution is -0.0649. The van der Waals surface area contributed by atoms with Crippen LogP contribution in [0, 0.1) is 0 Å². The largest absolute Gasteiger partial charge is 0.372 e. The van der Waals surface area contributed by atoms with Gasteiger partial charge in [0.25, 0.3) is 0 Å². The van der Waals surface area contributed by atoms with Crippen molar-refractivity contribution >= 4 is 16.1 Å². The van der Waals surface area contributed by atoms with Gasteiger partial charge in [0.2, 0.25) is 10.0 Å². The van der Waals surface area contributed by atoms with E-state index in [4.69, 9.17) is 4.74 Å². The molecule has 2 aliphatic heterocycles. The molecule has 0 radical (unpaired) electrons. The molecular formula is C14H27N3O4S. The van der Waals surface area contributed by atoms with Crippen molar-refractivity contribution in [3.63, 3.8) is 0 Å². The molecular weight excluding hydrogens is 306 g/mol. The van der Waals surface area contributed by atoms with Crippen molar-refractivity contribution in [3.8, 4) is 0 Å². The first-order chi connectivity index (χ1) is 10.3. The van der Waals surface area contributed by atoms with Crippen LogP contribution >= 0.6 is 0 Å². The van der Waals surface area contributed by atoms with Crippen LogP contribution in [-0.4, -0.2) is 74.3 Å². The van der Waals surface area contributed by atoms with Gasteiger partial charge in [-0.1, -0.05) is 6.92 Å². The van der Waals surface area contributed by atoms with E-state index in [1.807, 2.05) is 13.8 Å². The molecule has 1 N–H and O–H groups in total. The molecule has 128 valence electrons. The Hall–Kier alpha value is -0.860. The van der Waals surface area contributed by atoms with Crippen LogP contribution in [0.2, 0.25) is 0 Å². The minimum Gasteiger partial charge on any atom is -0.372 e. The fraction of sp³-hybridized carbons (Fsp3) is 0.929. The van der Waals surface area contributed by atoms with Gasteiger partial charge in [-0.2, -0.15) is 0 Å². The summed E-state index contributed by atoms with van der Waals surface area (Å²) < 4.78 is 30.5. The van der Waals surface area contributed by atoms with E-state index in [9.17, 15) is 13.2 Å². The molecule has 2 rings (SSSR count). The first-order valence-corrected chi connectivity index (χ1v) is 9.80. The summed E-state index contributed by atoms with van der Waals surface area (Å²) in [6.45, 7) is 6.08. The molecule has 0 aromatic rings. The number of urea groups is 1. The van der Waals surface area contributed by atoms with Crippen LogP contribution in [0.1, 0.15) is 33.1 Å². The van der Waals surface area contributed by atoms with Gasteiger partial charge < -0.3 is 15.0 Å². The van der Waals surface area contributed by atoms with Crippen molar-refractivity contribution in [2.75, 3.05) is 32.4 Å². The summed E-state index contributed by atoms with van der Waals surface area (Å²) in [6, 6.07) is -0.233. The maximum absolute atomic E-state index is 12.4. The van der Waals surface area contributed by atoms with Gasteiger partial charge >= 0.3 is 6.03 Å². The van der Waals surface area contributed by atoms with E-state index in [-0.39, 0.29) is 24.3 Å². The molecule has 0 aliphatic carbocycles. The van der Waals surface area contributed by atoms with E-state index >= 15 is 0 Å². The van der Waals surface area contributed by atoms with Crippen LogP contribution in [0.5, 0.6) is 0 Å². The molecule has 0 aromatic carbocycles. The Morgan fingerprint density at radius 1 is 1.32 bits per heavy atom. The summed E-state index contributed by atoms with van der Waals surface area (Å²) in [5.41, 5.74) is 0. The molecule has 3 atom stereocenters. The van der Waals surface area contributed by atoms with Crippen molar-refractivity contribution in [2.45, 2.75) is 51.4 Å². The van der Waals surface area contributed by atoms with E-state index in [1.165, 1.54) is 10.6 Å². The van der Waals surface area contributed by atoms with Crippen LogP contribution in [-0.2, 0) is 14.8 Å². The number of ether oxygens (including phenoxy) is 1. The van der Waals surface area contributed by atoms with Crippen LogP contribution in [0.15, 0.2) is 0 Å². The second-order valence-electron chi connectivity index (χ2n) is 6.29. The summed E-state index contributed by atoms with van der Waals surface area (Å²) in [6.07, 6.45) is 3.78. The lowest BCUT2D eigenvalue weighted by Gasteiger charge is -2.38. The molecule has 0 spiro atoms. The standard InChI is InChI=1S/C14H27N3O4S/c1-4-13-10-16(8-11(2)21-13)14(18)15-12-6-5-7-17(9-12)22(3,19)20/h11-13H,4-10H2,1-3H3,(H,15,18)/t11-,12+,13+/m0/s1. The number of carbonyl (C=O) groups excluding carboxylic acids is 1. The van der Waals surface area contributed by atoms with E-state index in [0.717, 1.165) is 19.3 Å². The zero-order chi connectivity index (χ0) is 16.3. The monoisotopic (exact) mass is 333 g/mol. The second-order valence-corrected chi connectivity index (χ2v) is 8.27. The van der Waals surface area contributed by atoms with Gasteiger partial charge in [0.15, 0.2) is 0 Å². The molecule has 7 nitrogen and oxygen atoms in total. The van der Waals surface area contributed by atoms with Gasteiger partial charge in [0.05, 0.1) is 18.5 Å². The quantitative estimate of drug-likeness (QED) is 0.821. The number of nitrogens with one attached hydrogen (secondary N) is 1. The third-order valence-electron chi connectivity index (χ3n) is 4.25. The summed E-state index contributed by atoms with van der Waals surface area (Å²) in [5.74, 6) is 0. The number of nitrogens with zero attached hydrogens (tertiary/aromatic N) is 2. The van der Waals surface area contributed by atoms with Gasteiger partial charge in [-0.25, -0.2) is 17.5 Å². The molecule has 2 heterocycles. The number of hydrogen-bond acceptors (Lipinski definition) is 4. The van der Waals surface area contributed by atoms with Gasteiger partial charge in [0.1, 0.15) is 0 Å². The number of rotatable bonds is 3. The topological polar surface area (TPSA) is 79.0 Å². The average Bonchev–Trinajstić information content (AvgIpc) is 2.46. The summed E-state index contributed by atoms with van der Waals surface area (Å²) in [5, 5.41) is 2.98. The molecule has 0 unspecified atom stereocenters. The summed E-state index contributed by atoms with van der Waals surface area (Å²) >= 11 is 0. The highest BCUT2D eigenvalue weighted by Crippen LogP contribution is 2.16. The first-order valence-electron chi connectivity index (χ1n) is 7.95. The Morgan fingerprint density at radius 3 is 2.68 bits per heavy atom. The Morgan fingerprint density at radius 2 is 2.05 bits per heavy atom. The van der Waals surface area contributed by atoms with Crippen molar-refractivity contribution in [2.24, 2.45) is 0 Å². The molecule has 8 heteroatoms. The molecule has 2 saturated heterocycles. The highest BCUT2D eigenvalue weighted by atomic mass is 32.2. The molecule has 0 bridgehead atoms. The summed E-state index contributed by atoms with van der Waals surface area (Å²) in [7, 11) is -3.19. The molecule has 0 aromatic heterocycles. The van der Waals surface area contributed by atoms with E-state index < -0.39 is 10.0 Å². The first kappa shape index (κ1) is 17.5. The average molecular weight is 333 g/mol. The van der Waals surface area contributed by atoms with E-state index in [0.29, 0.717) is 26.2 Å². The molecule has 2 fully saturated rings. The number of amides is 2. The Bertz CT molecular complexity index is 496. The Kier molecular flexibility index (Phi) is 5.68. The Labute approximate surface area is 133 Å². The number of carbonyl (C=O) groups is 1. The van der Waals surface area contributed by atoms with Crippen LogP contribution < -0.4 is 5.32 Å². The minimum absolute atomic E-state index is 0.0309. The van der Waals surface area contributed by atoms with Gasteiger partial charge in [-0.3, -0.25) is 0 Å². The predicted octanol–water partition coefficient (Wildman–Crippen LogP) is 0.619. The molecule has 22 heavy (non-hydrogen) atoms. The predicted molar refractivity (Wildman–Crippen MR) is 84.2 cm³/mol. The van der Waals surface area contributed by atoms with Gasteiger partial charge in [-0.05, 0) is 26.2 Å². The van der Waals surface area contributed by atoms with Crippen LogP contribution in [0.3, 0.4) is 0 Å². The molecule has 0 saturated carbocycles. The fourth-order valence-corrected chi connectivity index (χ4v) is 3.98. The number of sulfonamides is 1. The smallest absolute Gasteiger partial charge is 0.317 e. The maximum Gasteiger partial charge on any atom is 0.317 e. The fourth-order valence-electron chi connectivity index (χ4n) is 3.06. The zero-order valence-electron chi connectivity index (χ0n) is 13.6. The van der Waals surface area contributed by atoms with Crippen LogP contribution in [0.4, 0.5) is 4.79 Å². The Balaban J connectivity index is 1.91. The number of hydrogen-bond donors (Lipinski definition) is 1. The van der Waals surface area contributed by atoms with Crippen molar-refractivity contribution in [1.29, 1.82) is 0 Å². The van der Waals surface area contributed by atoms with E-state index in [1.54, 1.807) is 4.90 Å². The van der Waals surface area contributed by atoms with Crippen molar-refractivity contribution in [3.05, 3.63) is 0 Å². The number of morpholine rings is 1. The van der Waals surface area contributed by atoms with Gasteiger partial charge in [0, 0.05) is 32.2 Å². The van der Waals surface area contributed by atoms with Crippen LogP contribution in [0.25, 0.3) is 0 Å². The lowest BCUT2D eigenvalue weighted by atomic mass is 10.1. The minimum atomic E-state index is -3.19. The highest BCUT2D eigenvalue weighted by Gasteiger charge is 2.31. The van der Waals surface area contributed by atoms with Gasteiger partial charge in [-0.15, -0.1) is 0 Å². The third kappa shape index (κ3) is 4.57. The SMILES string of the molecule is CC[C@@H]1CN(C(=O)N[C@@H]2CCCN(S(C)(=O)=O)C2)C[C@H](C)O1. The van der Waals surface area contributed by atoms with E-state index in [2.05, 4.69) is 5.32 Å². The lowest BCUT2D eigenvalue weighted by Crippen LogP contribution is -2.56.